The molecular weight excluding hydrogens is 188 g/mol. The van der Waals surface area contributed by atoms with Gasteiger partial charge >= 0.3 is 0 Å². The van der Waals surface area contributed by atoms with Crippen LogP contribution >= 0.6 is 0 Å². The van der Waals surface area contributed by atoms with E-state index in [-0.39, 0.29) is 0 Å². The van der Waals surface area contributed by atoms with E-state index >= 15 is 0 Å². The van der Waals surface area contributed by atoms with Crippen molar-refractivity contribution in [2.75, 3.05) is 6.54 Å². The molecule has 0 amide bonds. The molecule has 0 radical (unpaired) electrons. The smallest absolute Gasteiger partial charge is 0.138 e. The van der Waals surface area contributed by atoms with Crippen LogP contribution in [0.25, 0.3) is 5.69 Å². The lowest BCUT2D eigenvalue weighted by molar-refractivity contribution is 0.830. The molecule has 0 bridgehead atoms. The average molecular weight is 202 g/mol. The number of aromatic nitrogens is 3. The van der Waals surface area contributed by atoms with E-state index in [0.717, 1.165) is 17.9 Å². The predicted octanol–water partition coefficient (Wildman–Crippen LogP) is 1.08. The molecule has 78 valence electrons. The maximum Gasteiger partial charge on any atom is 0.138 e. The second-order valence-electron chi connectivity index (χ2n) is 3.49. The fraction of sp³-hybridized carbons (Fsp3) is 0.273. The standard InChI is InChI=1S/C11H14N4/c1-9-3-2-4-10(7-9)15-8-13-14-11(15)5-6-12/h2-4,7-8H,5-6,12H2,1H3. The van der Waals surface area contributed by atoms with Crippen LogP contribution in [0.4, 0.5) is 0 Å². The zero-order valence-corrected chi connectivity index (χ0v) is 8.72. The number of hydrogen-bond acceptors (Lipinski definition) is 3. The van der Waals surface area contributed by atoms with E-state index in [4.69, 9.17) is 5.73 Å². The average Bonchev–Trinajstić information content (AvgIpc) is 2.66. The summed E-state index contributed by atoms with van der Waals surface area (Å²) in [6, 6.07) is 8.23. The number of rotatable bonds is 3. The molecule has 0 atom stereocenters. The molecule has 15 heavy (non-hydrogen) atoms. The highest BCUT2D eigenvalue weighted by Crippen LogP contribution is 2.11. The van der Waals surface area contributed by atoms with Gasteiger partial charge in [0.15, 0.2) is 0 Å². The quantitative estimate of drug-likeness (QED) is 0.810. The molecule has 0 fully saturated rings. The number of hydrogen-bond donors (Lipinski definition) is 1. The normalized spacial score (nSPS) is 10.5. The Hall–Kier alpha value is -1.68. The summed E-state index contributed by atoms with van der Waals surface area (Å²) in [5.41, 5.74) is 7.82. The molecule has 0 aliphatic carbocycles. The Labute approximate surface area is 88.8 Å². The van der Waals surface area contributed by atoms with Crippen molar-refractivity contribution in [2.24, 2.45) is 5.73 Å². The Bertz CT molecular complexity index is 447. The van der Waals surface area contributed by atoms with Crippen LogP contribution in [-0.4, -0.2) is 21.3 Å². The van der Waals surface area contributed by atoms with Gasteiger partial charge in [-0.15, -0.1) is 10.2 Å². The van der Waals surface area contributed by atoms with Crippen molar-refractivity contribution in [1.29, 1.82) is 0 Å². The Balaban J connectivity index is 2.40. The van der Waals surface area contributed by atoms with Crippen LogP contribution in [0, 0.1) is 6.92 Å². The molecule has 1 heterocycles. The molecular formula is C11H14N4. The van der Waals surface area contributed by atoms with Gasteiger partial charge in [-0.3, -0.25) is 4.57 Å². The van der Waals surface area contributed by atoms with E-state index in [1.54, 1.807) is 6.33 Å². The number of nitrogens with zero attached hydrogens (tertiary/aromatic N) is 3. The topological polar surface area (TPSA) is 56.7 Å². The number of aryl methyl sites for hydroxylation is 1. The Kier molecular flexibility index (Phi) is 2.78. The maximum absolute atomic E-state index is 5.52. The fourth-order valence-corrected chi connectivity index (χ4v) is 1.55. The fourth-order valence-electron chi connectivity index (χ4n) is 1.55. The summed E-state index contributed by atoms with van der Waals surface area (Å²) in [4.78, 5) is 0. The highest BCUT2D eigenvalue weighted by Gasteiger charge is 2.04. The predicted molar refractivity (Wildman–Crippen MR) is 58.9 cm³/mol. The highest BCUT2D eigenvalue weighted by atomic mass is 15.3. The molecule has 0 saturated carbocycles. The molecule has 2 N–H and O–H groups in total. The van der Waals surface area contributed by atoms with Crippen molar-refractivity contribution >= 4 is 0 Å². The largest absolute Gasteiger partial charge is 0.330 e. The zero-order valence-electron chi connectivity index (χ0n) is 8.72. The van der Waals surface area contributed by atoms with Gasteiger partial charge in [0.25, 0.3) is 0 Å². The third-order valence-corrected chi connectivity index (χ3v) is 2.27. The SMILES string of the molecule is Cc1cccc(-n2cnnc2CCN)c1. The summed E-state index contributed by atoms with van der Waals surface area (Å²) >= 11 is 0. The van der Waals surface area contributed by atoms with E-state index < -0.39 is 0 Å². The third-order valence-electron chi connectivity index (χ3n) is 2.27. The molecule has 1 aromatic carbocycles. The van der Waals surface area contributed by atoms with E-state index in [9.17, 15) is 0 Å². The molecule has 4 heteroatoms. The van der Waals surface area contributed by atoms with Gasteiger partial charge in [-0.25, -0.2) is 0 Å². The van der Waals surface area contributed by atoms with Crippen molar-refractivity contribution in [3.05, 3.63) is 42.0 Å². The van der Waals surface area contributed by atoms with Gasteiger partial charge in [0.2, 0.25) is 0 Å². The van der Waals surface area contributed by atoms with Crippen LogP contribution < -0.4 is 5.73 Å². The third kappa shape index (κ3) is 2.05. The molecule has 0 spiro atoms. The van der Waals surface area contributed by atoms with Crippen molar-refractivity contribution in [2.45, 2.75) is 13.3 Å². The first-order chi connectivity index (χ1) is 7.31. The monoisotopic (exact) mass is 202 g/mol. The van der Waals surface area contributed by atoms with Crippen LogP contribution in [0.5, 0.6) is 0 Å². The molecule has 1 aromatic heterocycles. The van der Waals surface area contributed by atoms with Gasteiger partial charge in [-0.05, 0) is 31.2 Å². The van der Waals surface area contributed by atoms with Gasteiger partial charge in [-0.2, -0.15) is 0 Å². The first-order valence-electron chi connectivity index (χ1n) is 4.97. The molecule has 0 aliphatic rings. The van der Waals surface area contributed by atoms with Crippen LogP contribution in [0.3, 0.4) is 0 Å². The van der Waals surface area contributed by atoms with Crippen LogP contribution in [0.2, 0.25) is 0 Å². The van der Waals surface area contributed by atoms with Crippen molar-refractivity contribution in [3.63, 3.8) is 0 Å². The Morgan fingerprint density at radius 3 is 3.00 bits per heavy atom. The minimum absolute atomic E-state index is 0.588. The number of nitrogens with two attached hydrogens (primary N) is 1. The van der Waals surface area contributed by atoms with E-state index in [0.29, 0.717) is 6.54 Å². The minimum Gasteiger partial charge on any atom is -0.330 e. The molecule has 0 unspecified atom stereocenters. The van der Waals surface area contributed by atoms with Crippen LogP contribution in [-0.2, 0) is 6.42 Å². The van der Waals surface area contributed by atoms with Gasteiger partial charge in [0.1, 0.15) is 12.2 Å². The van der Waals surface area contributed by atoms with Gasteiger partial charge in [0, 0.05) is 12.1 Å². The van der Waals surface area contributed by atoms with E-state index in [1.807, 2.05) is 16.7 Å². The second-order valence-corrected chi connectivity index (χ2v) is 3.49. The van der Waals surface area contributed by atoms with Crippen LogP contribution in [0.1, 0.15) is 11.4 Å². The second kappa shape index (κ2) is 4.23. The highest BCUT2D eigenvalue weighted by molar-refractivity contribution is 5.35. The van der Waals surface area contributed by atoms with E-state index in [2.05, 4.69) is 29.3 Å². The van der Waals surface area contributed by atoms with Gasteiger partial charge < -0.3 is 5.73 Å². The lowest BCUT2D eigenvalue weighted by Gasteiger charge is -2.06. The van der Waals surface area contributed by atoms with Crippen LogP contribution in [0.15, 0.2) is 30.6 Å². The Morgan fingerprint density at radius 2 is 2.27 bits per heavy atom. The number of benzene rings is 1. The molecule has 4 nitrogen and oxygen atoms in total. The molecule has 2 rings (SSSR count). The van der Waals surface area contributed by atoms with E-state index in [1.165, 1.54) is 5.56 Å². The lowest BCUT2D eigenvalue weighted by Crippen LogP contribution is -2.08. The molecule has 0 saturated heterocycles. The summed E-state index contributed by atoms with van der Waals surface area (Å²) in [6.45, 7) is 2.65. The minimum atomic E-state index is 0.588. The lowest BCUT2D eigenvalue weighted by atomic mass is 10.2. The van der Waals surface area contributed by atoms with Crippen molar-refractivity contribution in [1.82, 2.24) is 14.8 Å². The molecule has 0 aliphatic heterocycles. The molecule has 2 aromatic rings. The summed E-state index contributed by atoms with van der Waals surface area (Å²) < 4.78 is 1.97. The first kappa shape index (κ1) is 9.86. The first-order valence-corrected chi connectivity index (χ1v) is 4.97. The maximum atomic E-state index is 5.52. The summed E-state index contributed by atoms with van der Waals surface area (Å²) in [7, 11) is 0. The Morgan fingerprint density at radius 1 is 1.40 bits per heavy atom. The van der Waals surface area contributed by atoms with Crippen molar-refractivity contribution in [3.8, 4) is 5.69 Å². The summed E-state index contributed by atoms with van der Waals surface area (Å²) in [5.74, 6) is 0.906. The van der Waals surface area contributed by atoms with Gasteiger partial charge in [0.05, 0.1) is 0 Å². The van der Waals surface area contributed by atoms with Crippen molar-refractivity contribution < 1.29 is 0 Å². The van der Waals surface area contributed by atoms with Gasteiger partial charge in [-0.1, -0.05) is 12.1 Å². The summed E-state index contributed by atoms with van der Waals surface area (Å²) in [6.07, 6.45) is 2.47. The zero-order chi connectivity index (χ0) is 10.7. The summed E-state index contributed by atoms with van der Waals surface area (Å²) in [5, 5.41) is 7.95.